The Balaban J connectivity index is 1.50. The Hall–Kier alpha value is -2.57. The van der Waals surface area contributed by atoms with E-state index in [-0.39, 0.29) is 29.6 Å². The summed E-state index contributed by atoms with van der Waals surface area (Å²) in [7, 11) is -1.40. The lowest BCUT2D eigenvalue weighted by Crippen LogP contribution is -2.40. The smallest absolute Gasteiger partial charge is 0.355 e. The maximum atomic E-state index is 14.0. The maximum absolute atomic E-state index is 14.0. The molecule has 3 aromatic heterocycles. The molecule has 0 spiro atoms. The summed E-state index contributed by atoms with van der Waals surface area (Å²) in [5, 5.41) is 1.65. The highest BCUT2D eigenvalue weighted by atomic mass is 35.5. The molecule has 0 amide bonds. The first-order chi connectivity index (χ1) is 17.7. The second kappa shape index (κ2) is 9.63. The Morgan fingerprint density at radius 1 is 1.27 bits per heavy atom. The summed E-state index contributed by atoms with van der Waals surface area (Å²) in [4.78, 5) is 22.2. The van der Waals surface area contributed by atoms with Gasteiger partial charge in [-0.1, -0.05) is 17.7 Å². The van der Waals surface area contributed by atoms with Crippen molar-refractivity contribution in [2.45, 2.75) is 43.0 Å². The number of fused-ring (bicyclic) bond motifs is 1. The van der Waals surface area contributed by atoms with Crippen LogP contribution in [0.1, 0.15) is 53.0 Å². The summed E-state index contributed by atoms with van der Waals surface area (Å²) in [5.74, 6) is -0.773. The van der Waals surface area contributed by atoms with E-state index >= 15 is 0 Å². The van der Waals surface area contributed by atoms with Crippen molar-refractivity contribution in [1.29, 1.82) is 0 Å². The van der Waals surface area contributed by atoms with Gasteiger partial charge >= 0.3 is 5.97 Å². The molecule has 0 saturated heterocycles. The molecule has 2 aliphatic carbocycles. The van der Waals surface area contributed by atoms with E-state index < -0.39 is 26.3 Å². The molecular weight excluding hydrogens is 538 g/mol. The maximum Gasteiger partial charge on any atom is 0.355 e. The van der Waals surface area contributed by atoms with Crippen molar-refractivity contribution in [3.8, 4) is 0 Å². The van der Waals surface area contributed by atoms with Crippen LogP contribution < -0.4 is 0 Å². The second-order valence-corrected chi connectivity index (χ2v) is 12.9. The Labute approximate surface area is 223 Å². The number of esters is 1. The van der Waals surface area contributed by atoms with Crippen molar-refractivity contribution < 1.29 is 27.4 Å². The number of pyridine rings is 1. The highest BCUT2D eigenvalue weighted by Crippen LogP contribution is 2.48. The van der Waals surface area contributed by atoms with Crippen LogP contribution in [0.5, 0.6) is 0 Å². The summed E-state index contributed by atoms with van der Waals surface area (Å²) < 4.78 is 43.5. The molecule has 0 radical (unpaired) electrons. The van der Waals surface area contributed by atoms with Crippen LogP contribution in [0, 0.1) is 0 Å². The zero-order valence-electron chi connectivity index (χ0n) is 20.6. The molecule has 12 heteroatoms. The van der Waals surface area contributed by atoms with E-state index in [4.69, 9.17) is 25.8 Å². The van der Waals surface area contributed by atoms with Gasteiger partial charge in [0.25, 0.3) is 0 Å². The monoisotopic (exact) mass is 563 g/mol. The number of allylic oxidation sites excluding steroid dienone is 3. The topological polar surface area (TPSA) is 110 Å². The third-order valence-electron chi connectivity index (χ3n) is 6.92. The number of hydrogen-bond donors (Lipinski definition) is 0. The molecule has 37 heavy (non-hydrogen) atoms. The molecule has 9 nitrogen and oxygen atoms in total. The number of ether oxygens (including phenoxy) is 3. The molecule has 3 heterocycles. The van der Waals surface area contributed by atoms with Crippen LogP contribution in [0.4, 0.5) is 0 Å². The van der Waals surface area contributed by atoms with Gasteiger partial charge in [0, 0.05) is 35.5 Å². The van der Waals surface area contributed by atoms with Gasteiger partial charge in [0.2, 0.25) is 10.0 Å². The first kappa shape index (κ1) is 26.1. The standard InChI is InChI=1S/C25H26ClN3O6S2/c1-24(37(31,32)29-19(22(30)34-3)12-16-6-4-11-27-21(16)29)10-7-17(18(26)13-24)20-14-28-23(36-20)25(8-5-9-25)35-15-33-2/h4,6-7,11-14H,5,8-10,15H2,1-3H3. The largest absolute Gasteiger partial charge is 0.464 e. The average Bonchev–Trinajstić information content (AvgIpc) is 3.49. The lowest BCUT2D eigenvalue weighted by molar-refractivity contribution is -0.171. The van der Waals surface area contributed by atoms with Crippen molar-refractivity contribution in [1.82, 2.24) is 13.9 Å². The average molecular weight is 564 g/mol. The van der Waals surface area contributed by atoms with E-state index in [1.165, 1.54) is 36.8 Å². The minimum atomic E-state index is -4.19. The Bertz CT molecular complexity index is 1540. The number of rotatable bonds is 8. The number of carbonyl (C=O) groups is 1. The molecule has 1 saturated carbocycles. The number of nitrogens with zero attached hydrogens (tertiary/aromatic N) is 3. The van der Waals surface area contributed by atoms with E-state index in [2.05, 4.69) is 9.97 Å². The Morgan fingerprint density at radius 3 is 2.70 bits per heavy atom. The van der Waals surface area contributed by atoms with Crippen LogP contribution in [0.3, 0.4) is 0 Å². The quantitative estimate of drug-likeness (QED) is 0.283. The molecule has 2 aliphatic rings. The van der Waals surface area contributed by atoms with Gasteiger partial charge in [-0.15, -0.1) is 11.3 Å². The van der Waals surface area contributed by atoms with Gasteiger partial charge in [-0.3, -0.25) is 0 Å². The molecule has 1 fully saturated rings. The molecule has 0 aromatic carbocycles. The van der Waals surface area contributed by atoms with E-state index in [0.717, 1.165) is 33.1 Å². The first-order valence-corrected chi connectivity index (χ1v) is 14.3. The molecule has 0 aliphatic heterocycles. The SMILES string of the molecule is COCOC1(c2ncc(C3=CCC(C)(S(=O)(=O)n4c(C(=O)OC)cc5cccnc54)C=C3Cl)s2)CCC1. The van der Waals surface area contributed by atoms with Crippen LogP contribution in [-0.4, -0.2) is 54.1 Å². The molecule has 1 atom stereocenters. The number of hydrogen-bond acceptors (Lipinski definition) is 9. The number of aromatic nitrogens is 3. The zero-order valence-corrected chi connectivity index (χ0v) is 23.0. The van der Waals surface area contributed by atoms with Gasteiger partial charge in [0.05, 0.1) is 12.0 Å². The summed E-state index contributed by atoms with van der Waals surface area (Å²) in [5.41, 5.74) is 0.292. The van der Waals surface area contributed by atoms with Crippen LogP contribution in [0.2, 0.25) is 0 Å². The molecule has 0 bridgehead atoms. The predicted octanol–water partition coefficient (Wildman–Crippen LogP) is 4.83. The molecule has 3 aromatic rings. The molecule has 5 rings (SSSR count). The predicted molar refractivity (Wildman–Crippen MR) is 141 cm³/mol. The number of thiazole rings is 1. The van der Waals surface area contributed by atoms with Crippen molar-refractivity contribution in [2.75, 3.05) is 21.0 Å². The van der Waals surface area contributed by atoms with E-state index in [0.29, 0.717) is 11.0 Å². The lowest BCUT2D eigenvalue weighted by atomic mass is 9.80. The summed E-state index contributed by atoms with van der Waals surface area (Å²) in [6.07, 6.45) is 9.46. The Morgan fingerprint density at radius 2 is 2.05 bits per heavy atom. The van der Waals surface area contributed by atoms with Gasteiger partial charge in [0.15, 0.2) is 5.65 Å². The van der Waals surface area contributed by atoms with Crippen molar-refractivity contribution in [3.05, 3.63) is 63.4 Å². The summed E-state index contributed by atoms with van der Waals surface area (Å²) in [6, 6.07) is 4.83. The Kier molecular flexibility index (Phi) is 6.78. The zero-order chi connectivity index (χ0) is 26.4. The first-order valence-electron chi connectivity index (χ1n) is 11.6. The van der Waals surface area contributed by atoms with E-state index in [1.807, 2.05) is 0 Å². The van der Waals surface area contributed by atoms with Crippen LogP contribution in [-0.2, 0) is 29.8 Å². The van der Waals surface area contributed by atoms with Gasteiger partial charge in [-0.25, -0.2) is 27.2 Å². The number of halogens is 1. The highest BCUT2D eigenvalue weighted by Gasteiger charge is 2.45. The fourth-order valence-corrected chi connectivity index (χ4v) is 8.07. The van der Waals surface area contributed by atoms with Gasteiger partial charge < -0.3 is 14.2 Å². The molecular formula is C25H26ClN3O6S2. The molecule has 1 unspecified atom stereocenters. The highest BCUT2D eigenvalue weighted by molar-refractivity contribution is 7.91. The lowest BCUT2D eigenvalue weighted by Gasteiger charge is -2.39. The second-order valence-electron chi connectivity index (χ2n) is 9.26. The van der Waals surface area contributed by atoms with Crippen molar-refractivity contribution in [3.63, 3.8) is 0 Å². The number of carbonyl (C=O) groups excluding carboxylic acids is 1. The molecule has 0 N–H and O–H groups in total. The van der Waals surface area contributed by atoms with Gasteiger partial charge in [-0.05, 0) is 56.9 Å². The number of methoxy groups -OCH3 is 2. The third kappa shape index (κ3) is 4.22. The molecule has 196 valence electrons. The third-order valence-corrected chi connectivity index (χ3v) is 10.8. The van der Waals surface area contributed by atoms with E-state index in [1.54, 1.807) is 38.4 Å². The minimum Gasteiger partial charge on any atom is -0.464 e. The van der Waals surface area contributed by atoms with Gasteiger partial charge in [0.1, 0.15) is 27.8 Å². The normalized spacial score (nSPS) is 21.3. The fourth-order valence-electron chi connectivity index (χ4n) is 4.61. The van der Waals surface area contributed by atoms with Crippen LogP contribution in [0.25, 0.3) is 16.6 Å². The summed E-state index contributed by atoms with van der Waals surface area (Å²) in [6.45, 7) is 1.76. The minimum absolute atomic E-state index is 0.120. The van der Waals surface area contributed by atoms with Crippen molar-refractivity contribution in [2.24, 2.45) is 0 Å². The van der Waals surface area contributed by atoms with E-state index in [9.17, 15) is 13.2 Å². The van der Waals surface area contributed by atoms with Crippen LogP contribution in [0.15, 0.2) is 47.8 Å². The summed E-state index contributed by atoms with van der Waals surface area (Å²) >= 11 is 8.19. The van der Waals surface area contributed by atoms with Gasteiger partial charge in [-0.2, -0.15) is 0 Å². The van der Waals surface area contributed by atoms with Crippen molar-refractivity contribution >= 4 is 55.5 Å². The van der Waals surface area contributed by atoms with Crippen LogP contribution >= 0.6 is 22.9 Å². The fraction of sp³-hybridized carbons (Fsp3) is 0.400.